The van der Waals surface area contributed by atoms with Gasteiger partial charge in [-0.3, -0.25) is 14.9 Å². The van der Waals surface area contributed by atoms with Gasteiger partial charge in [-0.15, -0.1) is 0 Å². The number of aliphatic hydroxyl groups excluding tert-OH is 1. The van der Waals surface area contributed by atoms with Gasteiger partial charge < -0.3 is 10.4 Å². The summed E-state index contributed by atoms with van der Waals surface area (Å²) in [5.74, 6) is -0.00630. The summed E-state index contributed by atoms with van der Waals surface area (Å²) in [6, 6.07) is 5.94. The molecule has 110 valence electrons. The summed E-state index contributed by atoms with van der Waals surface area (Å²) in [6.07, 6.45) is 1.37. The molecule has 1 amide bonds. The highest BCUT2D eigenvalue weighted by atomic mass is 16.6. The number of non-ortho nitro benzene ring substituents is 1. The molecule has 1 aromatic heterocycles. The normalized spacial score (nSPS) is 10.3. The van der Waals surface area contributed by atoms with Crippen LogP contribution in [0.5, 0.6) is 0 Å². The molecule has 0 saturated carbocycles. The smallest absolute Gasteiger partial charge is 0.270 e. The van der Waals surface area contributed by atoms with Crippen LogP contribution in [0, 0.1) is 10.1 Å². The van der Waals surface area contributed by atoms with Gasteiger partial charge in [-0.25, -0.2) is 9.67 Å². The van der Waals surface area contributed by atoms with Gasteiger partial charge in [0.25, 0.3) is 5.69 Å². The Labute approximate surface area is 119 Å². The number of nitro benzene ring substituents is 1. The lowest BCUT2D eigenvalue weighted by molar-refractivity contribution is -0.384. The summed E-state index contributed by atoms with van der Waals surface area (Å²) in [5.41, 5.74) is 0.447. The molecule has 1 heterocycles. The van der Waals surface area contributed by atoms with E-state index in [0.29, 0.717) is 11.4 Å². The van der Waals surface area contributed by atoms with Crippen LogP contribution in [0.25, 0.3) is 11.4 Å². The molecule has 2 aromatic rings. The minimum Gasteiger partial charge on any atom is -0.395 e. The van der Waals surface area contributed by atoms with Crippen LogP contribution in [-0.4, -0.2) is 43.9 Å². The number of hydrogen-bond acceptors (Lipinski definition) is 6. The van der Waals surface area contributed by atoms with E-state index in [4.69, 9.17) is 5.11 Å². The van der Waals surface area contributed by atoms with Crippen molar-refractivity contribution in [1.29, 1.82) is 0 Å². The average molecular weight is 291 g/mol. The maximum absolute atomic E-state index is 11.5. The first kappa shape index (κ1) is 14.6. The molecule has 21 heavy (non-hydrogen) atoms. The van der Waals surface area contributed by atoms with Crippen molar-refractivity contribution in [3.63, 3.8) is 0 Å². The summed E-state index contributed by atoms with van der Waals surface area (Å²) in [5, 5.41) is 25.9. The van der Waals surface area contributed by atoms with Gasteiger partial charge in [0.15, 0.2) is 5.82 Å². The number of carbonyl (C=O) groups is 1. The summed E-state index contributed by atoms with van der Waals surface area (Å²) >= 11 is 0. The first-order valence-corrected chi connectivity index (χ1v) is 6.12. The Morgan fingerprint density at radius 2 is 2.29 bits per heavy atom. The van der Waals surface area contributed by atoms with E-state index < -0.39 is 4.92 Å². The molecule has 2 rings (SSSR count). The third-order valence-corrected chi connectivity index (χ3v) is 2.59. The van der Waals surface area contributed by atoms with Crippen molar-refractivity contribution in [2.24, 2.45) is 0 Å². The molecule has 0 bridgehead atoms. The fraction of sp³-hybridized carbons (Fsp3) is 0.250. The second kappa shape index (κ2) is 6.57. The number of carbonyl (C=O) groups excluding carboxylic acids is 1. The zero-order valence-corrected chi connectivity index (χ0v) is 11.0. The van der Waals surface area contributed by atoms with Crippen LogP contribution in [0.4, 0.5) is 5.69 Å². The molecule has 0 saturated heterocycles. The molecule has 9 nitrogen and oxygen atoms in total. The third kappa shape index (κ3) is 3.83. The van der Waals surface area contributed by atoms with Gasteiger partial charge in [-0.2, -0.15) is 5.10 Å². The molecule has 0 aliphatic rings. The van der Waals surface area contributed by atoms with Gasteiger partial charge in [0.05, 0.1) is 11.5 Å². The molecule has 0 spiro atoms. The highest BCUT2D eigenvalue weighted by Crippen LogP contribution is 2.20. The first-order valence-electron chi connectivity index (χ1n) is 6.12. The van der Waals surface area contributed by atoms with Crippen molar-refractivity contribution in [2.45, 2.75) is 6.54 Å². The standard InChI is InChI=1S/C12H13N5O4/c18-5-4-13-11(19)7-16-8-14-12(15-16)9-2-1-3-10(6-9)17(20)21/h1-3,6,8,18H,4-5,7H2,(H,13,19). The number of aliphatic hydroxyl groups is 1. The van der Waals surface area contributed by atoms with Crippen molar-refractivity contribution in [2.75, 3.05) is 13.2 Å². The third-order valence-electron chi connectivity index (χ3n) is 2.59. The Hall–Kier alpha value is -2.81. The van der Waals surface area contributed by atoms with E-state index in [-0.39, 0.29) is 31.3 Å². The SMILES string of the molecule is O=C(Cn1cnc(-c2cccc([N+](=O)[O-])c2)n1)NCCO. The van der Waals surface area contributed by atoms with Crippen molar-refractivity contribution in [3.8, 4) is 11.4 Å². The second-order valence-electron chi connectivity index (χ2n) is 4.15. The number of aromatic nitrogens is 3. The van der Waals surface area contributed by atoms with E-state index in [1.807, 2.05) is 0 Å². The maximum atomic E-state index is 11.5. The average Bonchev–Trinajstić information content (AvgIpc) is 2.93. The molecule has 0 aliphatic heterocycles. The largest absolute Gasteiger partial charge is 0.395 e. The van der Waals surface area contributed by atoms with Crippen molar-refractivity contribution in [1.82, 2.24) is 20.1 Å². The van der Waals surface area contributed by atoms with Crippen molar-refractivity contribution < 1.29 is 14.8 Å². The number of hydrogen-bond donors (Lipinski definition) is 2. The number of nitrogens with one attached hydrogen (secondary N) is 1. The predicted molar refractivity (Wildman–Crippen MR) is 72.2 cm³/mol. The van der Waals surface area contributed by atoms with E-state index in [2.05, 4.69) is 15.4 Å². The topological polar surface area (TPSA) is 123 Å². The Balaban J connectivity index is 2.11. The molecule has 0 unspecified atom stereocenters. The number of amides is 1. The number of rotatable bonds is 6. The Morgan fingerprint density at radius 3 is 3.00 bits per heavy atom. The molecule has 1 aromatic carbocycles. The van der Waals surface area contributed by atoms with Gasteiger partial charge in [0, 0.05) is 24.2 Å². The number of benzene rings is 1. The van der Waals surface area contributed by atoms with Gasteiger partial charge in [0.1, 0.15) is 12.9 Å². The van der Waals surface area contributed by atoms with Crippen LogP contribution in [0.15, 0.2) is 30.6 Å². The van der Waals surface area contributed by atoms with E-state index in [1.54, 1.807) is 12.1 Å². The second-order valence-corrected chi connectivity index (χ2v) is 4.15. The quantitative estimate of drug-likeness (QED) is 0.568. The Morgan fingerprint density at radius 1 is 1.48 bits per heavy atom. The monoisotopic (exact) mass is 291 g/mol. The Bertz CT molecular complexity index is 655. The van der Waals surface area contributed by atoms with Gasteiger partial charge >= 0.3 is 0 Å². The van der Waals surface area contributed by atoms with Crippen LogP contribution >= 0.6 is 0 Å². The maximum Gasteiger partial charge on any atom is 0.270 e. The molecule has 0 aliphatic carbocycles. The van der Waals surface area contributed by atoms with Gasteiger partial charge in [0.2, 0.25) is 5.91 Å². The summed E-state index contributed by atoms with van der Waals surface area (Å²) in [4.78, 5) is 25.7. The van der Waals surface area contributed by atoms with Crippen molar-refractivity contribution in [3.05, 3.63) is 40.7 Å². The van der Waals surface area contributed by atoms with Crippen LogP contribution in [0.3, 0.4) is 0 Å². The minimum atomic E-state index is -0.497. The van der Waals surface area contributed by atoms with Crippen LogP contribution in [-0.2, 0) is 11.3 Å². The van der Waals surface area contributed by atoms with E-state index in [9.17, 15) is 14.9 Å². The van der Waals surface area contributed by atoms with Crippen LogP contribution in [0.2, 0.25) is 0 Å². The van der Waals surface area contributed by atoms with Gasteiger partial charge in [-0.05, 0) is 0 Å². The highest BCUT2D eigenvalue weighted by molar-refractivity contribution is 5.75. The molecule has 0 fully saturated rings. The Kier molecular flexibility index (Phi) is 4.57. The number of nitrogens with zero attached hydrogens (tertiary/aromatic N) is 4. The lowest BCUT2D eigenvalue weighted by atomic mass is 10.2. The lowest BCUT2D eigenvalue weighted by Gasteiger charge is -2.02. The van der Waals surface area contributed by atoms with E-state index in [1.165, 1.54) is 23.1 Å². The minimum absolute atomic E-state index is 0.0398. The van der Waals surface area contributed by atoms with E-state index >= 15 is 0 Å². The highest BCUT2D eigenvalue weighted by Gasteiger charge is 2.11. The molecular formula is C12H13N5O4. The first-order chi connectivity index (χ1) is 10.1. The zero-order valence-electron chi connectivity index (χ0n) is 11.0. The number of nitro groups is 1. The summed E-state index contributed by atoms with van der Waals surface area (Å²) < 4.78 is 1.32. The fourth-order valence-electron chi connectivity index (χ4n) is 1.66. The molecular weight excluding hydrogens is 278 g/mol. The van der Waals surface area contributed by atoms with Crippen LogP contribution in [0.1, 0.15) is 0 Å². The molecule has 0 radical (unpaired) electrons. The predicted octanol–water partition coefficient (Wildman–Crippen LogP) is -0.0382. The van der Waals surface area contributed by atoms with E-state index in [0.717, 1.165) is 0 Å². The molecule has 2 N–H and O–H groups in total. The van der Waals surface area contributed by atoms with Gasteiger partial charge in [-0.1, -0.05) is 12.1 Å². The zero-order chi connectivity index (χ0) is 15.2. The molecule has 0 atom stereocenters. The summed E-state index contributed by atoms with van der Waals surface area (Å²) in [6.45, 7) is -0.00474. The summed E-state index contributed by atoms with van der Waals surface area (Å²) in [7, 11) is 0. The molecule has 9 heteroatoms. The van der Waals surface area contributed by atoms with Crippen LogP contribution < -0.4 is 5.32 Å². The fourth-order valence-corrected chi connectivity index (χ4v) is 1.66. The lowest BCUT2D eigenvalue weighted by Crippen LogP contribution is -2.30. The van der Waals surface area contributed by atoms with Crippen molar-refractivity contribution >= 4 is 11.6 Å².